The maximum absolute atomic E-state index is 12.2. The van der Waals surface area contributed by atoms with E-state index in [1.807, 2.05) is 48.5 Å². The number of nitrogens with one attached hydrogen (secondary N) is 1. The molecular formula is C19H23NO2. The third-order valence-electron chi connectivity index (χ3n) is 3.67. The number of amides is 1. The van der Waals surface area contributed by atoms with E-state index >= 15 is 0 Å². The Morgan fingerprint density at radius 2 is 1.50 bits per heavy atom. The van der Waals surface area contributed by atoms with E-state index in [9.17, 15) is 4.79 Å². The predicted molar refractivity (Wildman–Crippen MR) is 88.7 cm³/mol. The Balaban J connectivity index is 1.97. The lowest BCUT2D eigenvalue weighted by Gasteiger charge is -2.19. The van der Waals surface area contributed by atoms with Gasteiger partial charge >= 0.3 is 0 Å². The van der Waals surface area contributed by atoms with Crippen LogP contribution in [0.15, 0.2) is 48.5 Å². The van der Waals surface area contributed by atoms with Crippen molar-refractivity contribution in [2.75, 3.05) is 0 Å². The van der Waals surface area contributed by atoms with Crippen molar-refractivity contribution in [2.24, 2.45) is 0 Å². The lowest BCUT2D eigenvalue weighted by Crippen LogP contribution is -2.23. The molecule has 3 nitrogen and oxygen atoms in total. The number of hydrogen-bond donors (Lipinski definition) is 2. The molecule has 2 N–H and O–H groups in total. The maximum Gasteiger partial charge on any atom is 0.251 e. The molecule has 3 heteroatoms. The standard InChI is InChI=1S/C19H23NO2/c1-19(2,3)17-10-8-16(9-11-17)18(22)20-12-14-4-6-15(13-21)7-5-14/h4-11,21H,12-13H2,1-3H3,(H,20,22). The normalized spacial score (nSPS) is 11.3. The highest BCUT2D eigenvalue weighted by atomic mass is 16.3. The number of benzene rings is 2. The van der Waals surface area contributed by atoms with Crippen molar-refractivity contribution in [3.05, 3.63) is 70.8 Å². The summed E-state index contributed by atoms with van der Waals surface area (Å²) < 4.78 is 0. The Bertz CT molecular complexity index is 622. The first-order valence-corrected chi connectivity index (χ1v) is 7.47. The van der Waals surface area contributed by atoms with E-state index in [4.69, 9.17) is 5.11 Å². The smallest absolute Gasteiger partial charge is 0.251 e. The first kappa shape index (κ1) is 16.2. The third-order valence-corrected chi connectivity index (χ3v) is 3.67. The molecule has 0 saturated carbocycles. The minimum atomic E-state index is -0.0771. The summed E-state index contributed by atoms with van der Waals surface area (Å²) in [5.41, 5.74) is 3.84. The van der Waals surface area contributed by atoms with Crippen molar-refractivity contribution in [1.82, 2.24) is 5.32 Å². The van der Waals surface area contributed by atoms with Crippen molar-refractivity contribution < 1.29 is 9.90 Å². The summed E-state index contributed by atoms with van der Waals surface area (Å²) in [4.78, 5) is 12.2. The summed E-state index contributed by atoms with van der Waals surface area (Å²) in [5, 5.41) is 11.9. The van der Waals surface area contributed by atoms with Crippen molar-refractivity contribution in [3.8, 4) is 0 Å². The van der Waals surface area contributed by atoms with Crippen LogP contribution >= 0.6 is 0 Å². The third kappa shape index (κ3) is 4.18. The molecule has 0 aliphatic rings. The van der Waals surface area contributed by atoms with Crippen LogP contribution in [-0.2, 0) is 18.6 Å². The zero-order valence-electron chi connectivity index (χ0n) is 13.4. The van der Waals surface area contributed by atoms with Crippen LogP contribution < -0.4 is 5.32 Å². The van der Waals surface area contributed by atoms with E-state index in [-0.39, 0.29) is 17.9 Å². The van der Waals surface area contributed by atoms with Crippen LogP contribution in [0.25, 0.3) is 0 Å². The van der Waals surface area contributed by atoms with E-state index in [0.29, 0.717) is 12.1 Å². The summed E-state index contributed by atoms with van der Waals surface area (Å²) in [6.07, 6.45) is 0. The van der Waals surface area contributed by atoms with Gasteiger partial charge in [-0.25, -0.2) is 0 Å². The summed E-state index contributed by atoms with van der Waals surface area (Å²) in [7, 11) is 0. The molecule has 22 heavy (non-hydrogen) atoms. The van der Waals surface area contributed by atoms with E-state index in [1.54, 1.807) is 0 Å². The number of rotatable bonds is 4. The van der Waals surface area contributed by atoms with E-state index in [2.05, 4.69) is 26.1 Å². The Hall–Kier alpha value is -2.13. The average Bonchev–Trinajstić information content (AvgIpc) is 2.52. The summed E-state index contributed by atoms with van der Waals surface area (Å²) in [6.45, 7) is 6.96. The molecule has 2 aromatic rings. The summed E-state index contributed by atoms with van der Waals surface area (Å²) in [5.74, 6) is -0.0771. The number of carbonyl (C=O) groups is 1. The quantitative estimate of drug-likeness (QED) is 0.908. The molecule has 0 fully saturated rings. The molecule has 0 saturated heterocycles. The zero-order valence-corrected chi connectivity index (χ0v) is 13.4. The van der Waals surface area contributed by atoms with Crippen LogP contribution in [0.4, 0.5) is 0 Å². The van der Waals surface area contributed by atoms with Crippen molar-refractivity contribution >= 4 is 5.91 Å². The van der Waals surface area contributed by atoms with Gasteiger partial charge in [0.2, 0.25) is 0 Å². The fraction of sp³-hybridized carbons (Fsp3) is 0.316. The number of aliphatic hydroxyl groups excluding tert-OH is 1. The molecule has 0 heterocycles. The van der Waals surface area contributed by atoms with Crippen LogP contribution in [0.5, 0.6) is 0 Å². The molecule has 2 aromatic carbocycles. The maximum atomic E-state index is 12.2. The molecule has 0 bridgehead atoms. The Kier molecular flexibility index (Phi) is 4.99. The molecular weight excluding hydrogens is 274 g/mol. The molecule has 0 atom stereocenters. The fourth-order valence-electron chi connectivity index (χ4n) is 2.17. The Morgan fingerprint density at radius 1 is 0.955 bits per heavy atom. The van der Waals surface area contributed by atoms with Crippen molar-refractivity contribution in [3.63, 3.8) is 0 Å². The minimum absolute atomic E-state index is 0.0345. The minimum Gasteiger partial charge on any atom is -0.392 e. The van der Waals surface area contributed by atoms with Gasteiger partial charge in [0.15, 0.2) is 0 Å². The van der Waals surface area contributed by atoms with Gasteiger partial charge in [0.05, 0.1) is 6.61 Å². The molecule has 116 valence electrons. The first-order chi connectivity index (χ1) is 10.4. The van der Waals surface area contributed by atoms with Crippen molar-refractivity contribution in [1.29, 1.82) is 0 Å². The van der Waals surface area contributed by atoms with Gasteiger partial charge in [-0.05, 0) is 34.2 Å². The van der Waals surface area contributed by atoms with E-state index in [1.165, 1.54) is 5.56 Å². The van der Waals surface area contributed by atoms with Crippen LogP contribution in [0.1, 0.15) is 47.8 Å². The average molecular weight is 297 g/mol. The highest BCUT2D eigenvalue weighted by Gasteiger charge is 2.14. The first-order valence-electron chi connectivity index (χ1n) is 7.47. The molecule has 0 aliphatic heterocycles. The Morgan fingerprint density at radius 3 is 2.00 bits per heavy atom. The van der Waals surface area contributed by atoms with Crippen LogP contribution in [-0.4, -0.2) is 11.0 Å². The zero-order chi connectivity index (χ0) is 16.2. The lowest BCUT2D eigenvalue weighted by atomic mass is 9.87. The van der Waals surface area contributed by atoms with Gasteiger partial charge < -0.3 is 10.4 Å². The van der Waals surface area contributed by atoms with Crippen LogP contribution in [0.2, 0.25) is 0 Å². The van der Waals surface area contributed by atoms with E-state index in [0.717, 1.165) is 11.1 Å². The van der Waals surface area contributed by atoms with Gasteiger partial charge in [-0.2, -0.15) is 0 Å². The van der Waals surface area contributed by atoms with E-state index < -0.39 is 0 Å². The van der Waals surface area contributed by atoms with Gasteiger partial charge in [-0.1, -0.05) is 57.2 Å². The predicted octanol–water partition coefficient (Wildman–Crippen LogP) is 3.41. The van der Waals surface area contributed by atoms with Crippen LogP contribution in [0.3, 0.4) is 0 Å². The van der Waals surface area contributed by atoms with Gasteiger partial charge in [-0.15, -0.1) is 0 Å². The highest BCUT2D eigenvalue weighted by Crippen LogP contribution is 2.22. The SMILES string of the molecule is CC(C)(C)c1ccc(C(=O)NCc2ccc(CO)cc2)cc1. The van der Waals surface area contributed by atoms with Gasteiger partial charge in [-0.3, -0.25) is 4.79 Å². The number of aliphatic hydroxyl groups is 1. The second kappa shape index (κ2) is 6.75. The fourth-order valence-corrected chi connectivity index (χ4v) is 2.17. The molecule has 0 radical (unpaired) electrons. The van der Waals surface area contributed by atoms with Gasteiger partial charge in [0, 0.05) is 12.1 Å². The number of carbonyl (C=O) groups excluding carboxylic acids is 1. The second-order valence-corrected chi connectivity index (χ2v) is 6.48. The largest absolute Gasteiger partial charge is 0.392 e. The monoisotopic (exact) mass is 297 g/mol. The summed E-state index contributed by atoms with van der Waals surface area (Å²) in [6, 6.07) is 15.3. The van der Waals surface area contributed by atoms with Gasteiger partial charge in [0.1, 0.15) is 0 Å². The molecule has 0 aliphatic carbocycles. The topological polar surface area (TPSA) is 49.3 Å². The summed E-state index contributed by atoms with van der Waals surface area (Å²) >= 11 is 0. The molecule has 0 aromatic heterocycles. The lowest BCUT2D eigenvalue weighted by molar-refractivity contribution is 0.0951. The molecule has 1 amide bonds. The van der Waals surface area contributed by atoms with Gasteiger partial charge in [0.25, 0.3) is 5.91 Å². The van der Waals surface area contributed by atoms with Crippen LogP contribution in [0, 0.1) is 0 Å². The highest BCUT2D eigenvalue weighted by molar-refractivity contribution is 5.94. The molecule has 0 unspecified atom stereocenters. The second-order valence-electron chi connectivity index (χ2n) is 6.48. The molecule has 0 spiro atoms. The Labute approximate surface area is 132 Å². The molecule has 2 rings (SSSR count). The van der Waals surface area contributed by atoms with Crippen molar-refractivity contribution in [2.45, 2.75) is 39.3 Å². The number of hydrogen-bond acceptors (Lipinski definition) is 2.